The molecule has 1 saturated heterocycles. The standard InChI is InChI=1S/C18H21ClF2N4O2/c1-2-27-18(26)15-11-22-25(16(15)17(20)21)12-23-6-8-24(9-7-23)14-5-3-4-13(19)10-14/h3-5,10-11,17H,2,6-9,12H2,1H3. The molecule has 0 spiro atoms. The largest absolute Gasteiger partial charge is 0.462 e. The third-order valence-electron chi connectivity index (χ3n) is 4.46. The zero-order valence-corrected chi connectivity index (χ0v) is 15.7. The predicted molar refractivity (Wildman–Crippen MR) is 98.4 cm³/mol. The maximum Gasteiger partial charge on any atom is 0.341 e. The molecular formula is C18H21ClF2N4O2. The van der Waals surface area contributed by atoms with Crippen molar-refractivity contribution in [2.75, 3.05) is 37.7 Å². The van der Waals surface area contributed by atoms with Crippen molar-refractivity contribution < 1.29 is 18.3 Å². The molecule has 1 aliphatic heterocycles. The van der Waals surface area contributed by atoms with Gasteiger partial charge in [-0.25, -0.2) is 18.3 Å². The monoisotopic (exact) mass is 398 g/mol. The molecule has 1 fully saturated rings. The van der Waals surface area contributed by atoms with Crippen LogP contribution in [0.1, 0.15) is 29.4 Å². The Balaban J connectivity index is 1.66. The second-order valence-electron chi connectivity index (χ2n) is 6.19. The van der Waals surface area contributed by atoms with E-state index in [0.717, 1.165) is 25.0 Å². The van der Waals surface area contributed by atoms with Gasteiger partial charge in [0.05, 0.1) is 19.5 Å². The van der Waals surface area contributed by atoms with Crippen LogP contribution in [0.4, 0.5) is 14.5 Å². The van der Waals surface area contributed by atoms with Gasteiger partial charge < -0.3 is 9.64 Å². The lowest BCUT2D eigenvalue weighted by Crippen LogP contribution is -2.47. The van der Waals surface area contributed by atoms with Crippen molar-refractivity contribution in [1.29, 1.82) is 0 Å². The van der Waals surface area contributed by atoms with E-state index in [4.69, 9.17) is 16.3 Å². The molecule has 0 unspecified atom stereocenters. The number of carbonyl (C=O) groups is 1. The van der Waals surface area contributed by atoms with Crippen molar-refractivity contribution >= 4 is 23.3 Å². The lowest BCUT2D eigenvalue weighted by molar-refractivity contribution is 0.0511. The van der Waals surface area contributed by atoms with Gasteiger partial charge in [-0.05, 0) is 25.1 Å². The molecular weight excluding hydrogens is 378 g/mol. The Morgan fingerprint density at radius 1 is 1.30 bits per heavy atom. The summed E-state index contributed by atoms with van der Waals surface area (Å²) in [5.74, 6) is -0.773. The summed E-state index contributed by atoms with van der Waals surface area (Å²) in [6.45, 7) is 4.81. The summed E-state index contributed by atoms with van der Waals surface area (Å²) in [4.78, 5) is 16.1. The van der Waals surface area contributed by atoms with Gasteiger partial charge in [-0.15, -0.1) is 0 Å². The minimum absolute atomic E-state index is 0.123. The molecule has 0 amide bonds. The average Bonchev–Trinajstić information content (AvgIpc) is 3.06. The molecule has 27 heavy (non-hydrogen) atoms. The summed E-state index contributed by atoms with van der Waals surface area (Å²) in [6, 6.07) is 7.63. The number of nitrogens with zero attached hydrogens (tertiary/aromatic N) is 4. The average molecular weight is 399 g/mol. The molecule has 2 heterocycles. The normalized spacial score (nSPS) is 15.4. The summed E-state index contributed by atoms with van der Waals surface area (Å²) in [7, 11) is 0. The molecule has 0 saturated carbocycles. The summed E-state index contributed by atoms with van der Waals surface area (Å²) >= 11 is 6.04. The molecule has 1 aromatic carbocycles. The number of rotatable bonds is 6. The Kier molecular flexibility index (Phi) is 6.28. The molecule has 1 aliphatic rings. The number of aromatic nitrogens is 2. The van der Waals surface area contributed by atoms with Gasteiger partial charge in [0.2, 0.25) is 0 Å². The van der Waals surface area contributed by atoms with E-state index in [1.54, 1.807) is 6.92 Å². The van der Waals surface area contributed by atoms with E-state index in [1.807, 2.05) is 29.2 Å². The second-order valence-corrected chi connectivity index (χ2v) is 6.63. The van der Waals surface area contributed by atoms with Gasteiger partial charge in [-0.1, -0.05) is 17.7 Å². The highest BCUT2D eigenvalue weighted by atomic mass is 35.5. The maximum atomic E-state index is 13.5. The van der Waals surface area contributed by atoms with Crippen LogP contribution in [0.5, 0.6) is 0 Å². The van der Waals surface area contributed by atoms with Gasteiger partial charge >= 0.3 is 5.97 Å². The van der Waals surface area contributed by atoms with E-state index in [9.17, 15) is 13.6 Å². The smallest absolute Gasteiger partial charge is 0.341 e. The summed E-state index contributed by atoms with van der Waals surface area (Å²) < 4.78 is 33.0. The van der Waals surface area contributed by atoms with Crippen molar-refractivity contribution in [3.05, 3.63) is 46.7 Å². The summed E-state index contributed by atoms with van der Waals surface area (Å²) in [5.41, 5.74) is 0.467. The van der Waals surface area contributed by atoms with Crippen LogP contribution in [0.15, 0.2) is 30.5 Å². The number of benzene rings is 1. The third kappa shape index (κ3) is 4.56. The van der Waals surface area contributed by atoms with Crippen LogP contribution >= 0.6 is 11.6 Å². The first-order chi connectivity index (χ1) is 13.0. The molecule has 146 valence electrons. The van der Waals surface area contributed by atoms with Crippen molar-refractivity contribution in [2.24, 2.45) is 0 Å². The molecule has 1 aromatic heterocycles. The molecule has 2 aromatic rings. The van der Waals surface area contributed by atoms with Gasteiger partial charge in [0.1, 0.15) is 11.3 Å². The number of hydrogen-bond donors (Lipinski definition) is 0. The minimum Gasteiger partial charge on any atom is -0.462 e. The van der Waals surface area contributed by atoms with Crippen LogP contribution in [0.3, 0.4) is 0 Å². The Bertz CT molecular complexity index is 791. The van der Waals surface area contributed by atoms with Crippen molar-refractivity contribution in [1.82, 2.24) is 14.7 Å². The fraction of sp³-hybridized carbons (Fsp3) is 0.444. The first-order valence-corrected chi connectivity index (χ1v) is 9.11. The SMILES string of the molecule is CCOC(=O)c1cnn(CN2CCN(c3cccc(Cl)c3)CC2)c1C(F)F. The summed E-state index contributed by atoms with van der Waals surface area (Å²) in [6.07, 6.45) is -1.65. The van der Waals surface area contributed by atoms with Gasteiger partial charge in [-0.2, -0.15) is 5.10 Å². The highest BCUT2D eigenvalue weighted by Crippen LogP contribution is 2.25. The first kappa shape index (κ1) is 19.6. The Morgan fingerprint density at radius 3 is 2.67 bits per heavy atom. The highest BCUT2D eigenvalue weighted by Gasteiger charge is 2.27. The maximum absolute atomic E-state index is 13.5. The van der Waals surface area contributed by atoms with E-state index < -0.39 is 18.1 Å². The van der Waals surface area contributed by atoms with Crippen LogP contribution in [0.2, 0.25) is 5.02 Å². The van der Waals surface area contributed by atoms with E-state index in [2.05, 4.69) is 10.00 Å². The fourth-order valence-electron chi connectivity index (χ4n) is 3.11. The van der Waals surface area contributed by atoms with Gasteiger partial charge in [0.15, 0.2) is 0 Å². The number of carbonyl (C=O) groups excluding carboxylic acids is 1. The van der Waals surface area contributed by atoms with Crippen molar-refractivity contribution in [3.8, 4) is 0 Å². The van der Waals surface area contributed by atoms with Crippen molar-refractivity contribution in [3.63, 3.8) is 0 Å². The lowest BCUT2D eigenvalue weighted by Gasteiger charge is -2.36. The van der Waals surface area contributed by atoms with Crippen LogP contribution in [0.25, 0.3) is 0 Å². The van der Waals surface area contributed by atoms with E-state index >= 15 is 0 Å². The number of anilines is 1. The molecule has 0 bridgehead atoms. The molecule has 0 N–H and O–H groups in total. The Hall–Kier alpha value is -2.19. The van der Waals surface area contributed by atoms with Gasteiger partial charge in [-0.3, -0.25) is 4.90 Å². The Morgan fingerprint density at radius 2 is 2.04 bits per heavy atom. The second kappa shape index (κ2) is 8.67. The fourth-order valence-corrected chi connectivity index (χ4v) is 3.30. The minimum atomic E-state index is -2.81. The van der Waals surface area contributed by atoms with E-state index in [1.165, 1.54) is 4.68 Å². The zero-order chi connectivity index (χ0) is 19.4. The highest BCUT2D eigenvalue weighted by molar-refractivity contribution is 6.30. The molecule has 9 heteroatoms. The number of piperazine rings is 1. The van der Waals surface area contributed by atoms with Crippen LogP contribution in [0, 0.1) is 0 Å². The number of ether oxygens (including phenoxy) is 1. The van der Waals surface area contributed by atoms with Gasteiger partial charge in [0, 0.05) is 36.9 Å². The topological polar surface area (TPSA) is 50.6 Å². The van der Waals surface area contributed by atoms with Crippen LogP contribution in [-0.4, -0.2) is 53.4 Å². The molecule has 0 aliphatic carbocycles. The molecule has 0 atom stereocenters. The van der Waals surface area contributed by atoms with E-state index in [-0.39, 0.29) is 18.8 Å². The van der Waals surface area contributed by atoms with Crippen LogP contribution < -0.4 is 4.90 Å². The van der Waals surface area contributed by atoms with Gasteiger partial charge in [0.25, 0.3) is 6.43 Å². The summed E-state index contributed by atoms with van der Waals surface area (Å²) in [5, 5.41) is 4.67. The number of hydrogen-bond acceptors (Lipinski definition) is 5. The Labute approximate surface area is 161 Å². The predicted octanol–water partition coefficient (Wildman–Crippen LogP) is 3.43. The number of alkyl halides is 2. The quantitative estimate of drug-likeness (QED) is 0.698. The number of esters is 1. The molecule has 6 nitrogen and oxygen atoms in total. The van der Waals surface area contributed by atoms with E-state index in [0.29, 0.717) is 18.1 Å². The lowest BCUT2D eigenvalue weighted by atomic mass is 10.2. The first-order valence-electron chi connectivity index (χ1n) is 8.73. The molecule has 3 rings (SSSR count). The number of halogens is 3. The van der Waals surface area contributed by atoms with Crippen LogP contribution in [-0.2, 0) is 11.4 Å². The zero-order valence-electron chi connectivity index (χ0n) is 14.9. The van der Waals surface area contributed by atoms with Crippen molar-refractivity contribution in [2.45, 2.75) is 20.0 Å². The third-order valence-corrected chi connectivity index (χ3v) is 4.70. The molecule has 0 radical (unpaired) electrons.